The topological polar surface area (TPSA) is 27.7 Å². The molecule has 1 aliphatic rings. The maximum atomic E-state index is 15.1. The summed E-state index contributed by atoms with van der Waals surface area (Å²) in [6, 6.07) is 19.9. The number of benzene rings is 2. The number of hydrogen-bond donors (Lipinski definition) is 0. The molecular formula is C45H63FO3U. The monoisotopic (exact) mass is 909 g/mol. The summed E-state index contributed by atoms with van der Waals surface area (Å²) in [5, 5.41) is 0. The van der Waals surface area contributed by atoms with E-state index in [1.165, 1.54) is 6.42 Å². The van der Waals surface area contributed by atoms with Crippen LogP contribution in [0.2, 0.25) is 0 Å². The van der Waals surface area contributed by atoms with Crippen molar-refractivity contribution in [1.29, 1.82) is 0 Å². The summed E-state index contributed by atoms with van der Waals surface area (Å²) in [5.74, 6) is 0.995. The summed E-state index contributed by atoms with van der Waals surface area (Å²) >= 11 is 0. The van der Waals surface area contributed by atoms with Crippen molar-refractivity contribution in [3.63, 3.8) is 0 Å². The van der Waals surface area contributed by atoms with Gasteiger partial charge in [-0.2, -0.15) is 30.2 Å². The molecule has 1 aliphatic heterocycles. The van der Waals surface area contributed by atoms with Gasteiger partial charge in [-0.25, -0.2) is 16.9 Å². The van der Waals surface area contributed by atoms with Crippen molar-refractivity contribution in [2.24, 2.45) is 5.92 Å². The van der Waals surface area contributed by atoms with Crippen LogP contribution in [0.3, 0.4) is 0 Å². The Kier molecular flexibility index (Phi) is 25.6. The van der Waals surface area contributed by atoms with E-state index in [2.05, 4.69) is 34.6 Å². The molecular weight excluding hydrogens is 846 g/mol. The van der Waals surface area contributed by atoms with Crippen molar-refractivity contribution in [1.82, 2.24) is 0 Å². The summed E-state index contributed by atoms with van der Waals surface area (Å²) in [7, 11) is 0. The minimum Gasteiger partial charge on any atom is -0.489 e. The first-order chi connectivity index (χ1) is 23.4. The minimum atomic E-state index is -0.250. The largest absolute Gasteiger partial charge is 2.00 e. The number of ether oxygens (including phenoxy) is 3. The van der Waals surface area contributed by atoms with E-state index in [4.69, 9.17) is 14.2 Å². The smallest absolute Gasteiger partial charge is 0.489 e. The molecule has 0 bridgehead atoms. The average molecular weight is 909 g/mol. The summed E-state index contributed by atoms with van der Waals surface area (Å²) < 4.78 is 32.4. The Hall–Kier alpha value is -2.68. The van der Waals surface area contributed by atoms with Crippen LogP contribution < -0.4 is 0 Å². The van der Waals surface area contributed by atoms with Gasteiger partial charge in [0.1, 0.15) is 18.2 Å². The van der Waals surface area contributed by atoms with Crippen molar-refractivity contribution in [2.45, 2.75) is 107 Å². The molecule has 1 saturated heterocycles. The van der Waals surface area contributed by atoms with E-state index in [0.717, 1.165) is 84.0 Å². The molecule has 0 amide bonds. The zero-order chi connectivity index (χ0) is 36.7. The second-order valence-electron chi connectivity index (χ2n) is 13.0. The number of halogens is 1. The van der Waals surface area contributed by atoms with Gasteiger partial charge in [0.15, 0.2) is 5.79 Å². The van der Waals surface area contributed by atoms with Crippen molar-refractivity contribution in [3.8, 4) is 0 Å². The quantitative estimate of drug-likeness (QED) is 0.107. The predicted octanol–water partition coefficient (Wildman–Crippen LogP) is 13.2. The molecule has 0 atom stereocenters. The zero-order valence-corrected chi connectivity index (χ0v) is 36.6. The first-order valence-corrected chi connectivity index (χ1v) is 17.8. The van der Waals surface area contributed by atoms with Gasteiger partial charge < -0.3 is 14.2 Å². The van der Waals surface area contributed by atoms with Gasteiger partial charge in [-0.15, -0.1) is 18.2 Å². The third kappa shape index (κ3) is 19.6. The van der Waals surface area contributed by atoms with Crippen LogP contribution >= 0.6 is 0 Å². The Labute approximate surface area is 329 Å². The van der Waals surface area contributed by atoms with Gasteiger partial charge in [0.2, 0.25) is 0 Å². The molecule has 0 N–H and O–H groups in total. The van der Waals surface area contributed by atoms with Gasteiger partial charge >= 0.3 is 31.1 Å². The molecule has 0 aliphatic carbocycles. The molecule has 0 saturated carbocycles. The Balaban J connectivity index is 0.000000929. The molecule has 50 heavy (non-hydrogen) atoms. The third-order valence-electron chi connectivity index (χ3n) is 7.88. The van der Waals surface area contributed by atoms with Crippen LogP contribution in [0, 0.1) is 50.9 Å². The van der Waals surface area contributed by atoms with E-state index in [1.54, 1.807) is 6.08 Å². The zero-order valence-electron chi connectivity index (χ0n) is 32.4. The Bertz CT molecular complexity index is 1380. The van der Waals surface area contributed by atoms with E-state index in [1.807, 2.05) is 127 Å². The first kappa shape index (κ1) is 47.3. The van der Waals surface area contributed by atoms with Crippen LogP contribution in [0.1, 0.15) is 106 Å². The number of hydrogen-bond acceptors (Lipinski definition) is 3. The van der Waals surface area contributed by atoms with Crippen LogP contribution in [-0.2, 0) is 20.8 Å². The van der Waals surface area contributed by atoms with Gasteiger partial charge in [0.05, 0.1) is 13.2 Å². The van der Waals surface area contributed by atoms with Crippen LogP contribution in [0.4, 0.5) is 4.39 Å². The third-order valence-corrected chi connectivity index (χ3v) is 7.88. The Morgan fingerprint density at radius 2 is 1.50 bits per heavy atom. The van der Waals surface area contributed by atoms with Crippen LogP contribution in [0.15, 0.2) is 130 Å². The van der Waals surface area contributed by atoms with Gasteiger partial charge in [-0.05, 0) is 75.8 Å². The van der Waals surface area contributed by atoms with Gasteiger partial charge in [0.25, 0.3) is 0 Å². The summed E-state index contributed by atoms with van der Waals surface area (Å²) in [6.07, 6.45) is 14.3. The van der Waals surface area contributed by atoms with Crippen molar-refractivity contribution in [2.75, 3.05) is 13.2 Å². The van der Waals surface area contributed by atoms with E-state index in [-0.39, 0.29) is 42.7 Å². The Morgan fingerprint density at radius 1 is 0.920 bits per heavy atom. The number of allylic oxidation sites excluding steroid dienone is 11. The summed E-state index contributed by atoms with van der Waals surface area (Å²) in [4.78, 5) is 0. The molecule has 272 valence electrons. The van der Waals surface area contributed by atoms with Crippen LogP contribution in [0.25, 0.3) is 0 Å². The van der Waals surface area contributed by atoms with Crippen molar-refractivity contribution in [3.05, 3.63) is 155 Å². The second-order valence-corrected chi connectivity index (χ2v) is 13.0. The summed E-state index contributed by atoms with van der Waals surface area (Å²) in [5.41, 5.74) is 6.33. The molecule has 1 fully saturated rings. The SMILES string of the molecule is CCCC1(CCC(C)C)OCCO1.[CH2-]/C(C)=C(/C=C\C(=C/C)OCc1ccccc1)C(=C\CC)\C(F)=C/C(C)=C(C)C.[CH2-]c1ccccc1.[U+2]. The van der Waals surface area contributed by atoms with Gasteiger partial charge in [-0.3, -0.25) is 0 Å². The molecule has 5 heteroatoms. The van der Waals surface area contributed by atoms with E-state index in [9.17, 15) is 0 Å². The maximum absolute atomic E-state index is 15.1. The van der Waals surface area contributed by atoms with E-state index < -0.39 is 0 Å². The molecule has 3 nitrogen and oxygen atoms in total. The molecule has 2 aromatic rings. The fourth-order valence-corrected chi connectivity index (χ4v) is 4.83. The van der Waals surface area contributed by atoms with Crippen LogP contribution in [-0.4, -0.2) is 19.0 Å². The van der Waals surface area contributed by atoms with Crippen molar-refractivity contribution < 1.29 is 49.7 Å². The average Bonchev–Trinajstić information content (AvgIpc) is 3.54. The summed E-state index contributed by atoms with van der Waals surface area (Å²) in [6.45, 7) is 28.2. The standard InChI is InChI=1S/C27H34FO.C11H22O2.C7H7.U/c1-8-13-26(27(28)18-22(7)20(3)4)25(21(5)6)17-16-24(9-2)29-19-23-14-11-10-12-15-23;1-4-6-11(7-5-10(2)3)12-8-9-13-11;1-7-5-3-2-4-6-7;/h9-18H,5,8,19H2,1-4,6-7H3;10H,4-9H2,1-3H3;2-6H,1H2;/q-1;;-1;+2/b17-16-,24-9+,25-21+,26-13-,27-18+;;;. The van der Waals surface area contributed by atoms with Crippen LogP contribution in [0.5, 0.6) is 0 Å². The van der Waals surface area contributed by atoms with Gasteiger partial charge in [-0.1, -0.05) is 94.7 Å². The number of rotatable bonds is 14. The second kappa shape index (κ2) is 27.0. The minimum absolute atomic E-state index is 0. The molecule has 2 aromatic carbocycles. The fourth-order valence-electron chi connectivity index (χ4n) is 4.83. The molecule has 0 spiro atoms. The molecule has 1 heterocycles. The molecule has 3 rings (SSSR count). The molecule has 0 unspecified atom stereocenters. The predicted molar refractivity (Wildman–Crippen MR) is 208 cm³/mol. The van der Waals surface area contributed by atoms with E-state index >= 15 is 4.39 Å². The first-order valence-electron chi connectivity index (χ1n) is 17.8. The van der Waals surface area contributed by atoms with Crippen molar-refractivity contribution >= 4 is 0 Å². The molecule has 0 radical (unpaired) electrons. The fraction of sp³-hybridized carbons (Fsp3) is 0.422. The maximum Gasteiger partial charge on any atom is 2.00 e. The molecule has 0 aromatic heterocycles. The normalized spacial score (nSPS) is 14.9. The Morgan fingerprint density at radius 3 is 1.94 bits per heavy atom. The van der Waals surface area contributed by atoms with Gasteiger partial charge in [0, 0.05) is 12.8 Å². The van der Waals surface area contributed by atoms with E-state index in [0.29, 0.717) is 12.2 Å².